The van der Waals surface area contributed by atoms with Crippen molar-refractivity contribution in [2.45, 2.75) is 25.8 Å². The first-order valence-electron chi connectivity index (χ1n) is 8.68. The Hall–Kier alpha value is -2.43. The van der Waals surface area contributed by atoms with E-state index >= 15 is 0 Å². The number of rotatable bonds is 2. The van der Waals surface area contributed by atoms with Crippen molar-refractivity contribution in [1.29, 1.82) is 0 Å². The minimum Gasteiger partial charge on any atom is -0.355 e. The van der Waals surface area contributed by atoms with Crippen molar-refractivity contribution in [3.8, 4) is 0 Å². The molecule has 5 heteroatoms. The van der Waals surface area contributed by atoms with E-state index in [0.717, 1.165) is 51.3 Å². The molecular formula is C19H22N4O. The number of carbonyl (C=O) groups is 1. The van der Waals surface area contributed by atoms with Gasteiger partial charge in [0.1, 0.15) is 5.82 Å². The van der Waals surface area contributed by atoms with Gasteiger partial charge < -0.3 is 9.80 Å². The topological polar surface area (TPSA) is 49.3 Å². The third-order valence-corrected chi connectivity index (χ3v) is 5.09. The lowest BCUT2D eigenvalue weighted by atomic mass is 9.94. The Balaban J connectivity index is 1.45. The molecule has 5 nitrogen and oxygen atoms in total. The molecule has 3 heterocycles. The smallest absolute Gasteiger partial charge is 0.227 e. The molecule has 4 rings (SSSR count). The van der Waals surface area contributed by atoms with Gasteiger partial charge in [0.2, 0.25) is 5.91 Å². The van der Waals surface area contributed by atoms with Crippen molar-refractivity contribution in [3.63, 3.8) is 0 Å². The second kappa shape index (κ2) is 6.59. The van der Waals surface area contributed by atoms with Crippen molar-refractivity contribution in [2.24, 2.45) is 5.92 Å². The number of anilines is 1. The Morgan fingerprint density at radius 2 is 2.00 bits per heavy atom. The third kappa shape index (κ3) is 2.98. The molecule has 0 bridgehead atoms. The van der Waals surface area contributed by atoms with Crippen LogP contribution in [0.1, 0.15) is 24.0 Å². The third-order valence-electron chi connectivity index (χ3n) is 5.09. The summed E-state index contributed by atoms with van der Waals surface area (Å²) in [5, 5.41) is 0. The fraction of sp³-hybridized carbons (Fsp3) is 0.421. The van der Waals surface area contributed by atoms with E-state index in [2.05, 4.69) is 39.1 Å². The Labute approximate surface area is 142 Å². The van der Waals surface area contributed by atoms with Gasteiger partial charge in [-0.15, -0.1) is 0 Å². The molecular weight excluding hydrogens is 300 g/mol. The Morgan fingerprint density at radius 1 is 1.12 bits per heavy atom. The lowest BCUT2D eigenvalue weighted by molar-refractivity contribution is -0.136. The quantitative estimate of drug-likeness (QED) is 0.851. The van der Waals surface area contributed by atoms with Crippen LogP contribution in [0.4, 0.5) is 5.82 Å². The molecule has 0 N–H and O–H groups in total. The second-order valence-corrected chi connectivity index (χ2v) is 6.63. The molecule has 0 aliphatic carbocycles. The molecule has 2 aromatic rings. The van der Waals surface area contributed by atoms with E-state index in [0.29, 0.717) is 0 Å². The van der Waals surface area contributed by atoms with Crippen LogP contribution in [0, 0.1) is 5.92 Å². The van der Waals surface area contributed by atoms with Crippen molar-refractivity contribution in [3.05, 3.63) is 54.0 Å². The molecule has 1 aromatic carbocycles. The molecule has 0 spiro atoms. The van der Waals surface area contributed by atoms with Crippen molar-refractivity contribution in [2.75, 3.05) is 24.5 Å². The highest BCUT2D eigenvalue weighted by atomic mass is 16.2. The maximum absolute atomic E-state index is 13.0. The summed E-state index contributed by atoms with van der Waals surface area (Å²) < 4.78 is 0. The van der Waals surface area contributed by atoms with E-state index in [1.54, 1.807) is 18.6 Å². The highest BCUT2D eigenvalue weighted by Crippen LogP contribution is 2.25. The van der Waals surface area contributed by atoms with Gasteiger partial charge in [0.25, 0.3) is 0 Å². The minimum absolute atomic E-state index is 0.0611. The molecule has 2 aliphatic rings. The van der Waals surface area contributed by atoms with Crippen LogP contribution in [0.25, 0.3) is 0 Å². The van der Waals surface area contributed by atoms with Gasteiger partial charge in [-0.25, -0.2) is 4.98 Å². The van der Waals surface area contributed by atoms with Crippen LogP contribution in [0.2, 0.25) is 0 Å². The van der Waals surface area contributed by atoms with Crippen LogP contribution >= 0.6 is 0 Å². The Kier molecular flexibility index (Phi) is 4.15. The average molecular weight is 322 g/mol. The lowest BCUT2D eigenvalue weighted by Gasteiger charge is -2.37. The largest absolute Gasteiger partial charge is 0.355 e. The SMILES string of the molecule is O=C([C@@H]1CCCN(c2cnccn2)C1)N1CCc2ccccc2C1. The number of carbonyl (C=O) groups excluding carboxylic acids is 1. The Morgan fingerprint density at radius 3 is 2.83 bits per heavy atom. The first-order valence-corrected chi connectivity index (χ1v) is 8.68. The van der Waals surface area contributed by atoms with Crippen LogP contribution in [0.15, 0.2) is 42.9 Å². The van der Waals surface area contributed by atoms with Gasteiger partial charge in [-0.1, -0.05) is 24.3 Å². The molecule has 1 saturated heterocycles. The van der Waals surface area contributed by atoms with E-state index in [4.69, 9.17) is 0 Å². The van der Waals surface area contributed by atoms with E-state index in [-0.39, 0.29) is 11.8 Å². The molecule has 1 amide bonds. The summed E-state index contributed by atoms with van der Waals surface area (Å²) in [6.07, 6.45) is 8.13. The monoisotopic (exact) mass is 322 g/mol. The van der Waals surface area contributed by atoms with Gasteiger partial charge in [-0.3, -0.25) is 9.78 Å². The number of piperidine rings is 1. The van der Waals surface area contributed by atoms with Crippen LogP contribution < -0.4 is 4.90 Å². The minimum atomic E-state index is 0.0611. The van der Waals surface area contributed by atoms with Gasteiger partial charge in [-0.2, -0.15) is 0 Å². The summed E-state index contributed by atoms with van der Waals surface area (Å²) in [5.41, 5.74) is 2.67. The van der Waals surface area contributed by atoms with Crippen LogP contribution in [0.3, 0.4) is 0 Å². The molecule has 0 radical (unpaired) electrons. The molecule has 24 heavy (non-hydrogen) atoms. The normalized spacial score (nSPS) is 20.6. The zero-order chi connectivity index (χ0) is 16.4. The second-order valence-electron chi connectivity index (χ2n) is 6.63. The predicted molar refractivity (Wildman–Crippen MR) is 92.5 cm³/mol. The van der Waals surface area contributed by atoms with Crippen molar-refractivity contribution in [1.82, 2.24) is 14.9 Å². The number of amides is 1. The van der Waals surface area contributed by atoms with Gasteiger partial charge in [-0.05, 0) is 30.4 Å². The summed E-state index contributed by atoms with van der Waals surface area (Å²) in [6, 6.07) is 8.45. The number of fused-ring (bicyclic) bond motifs is 1. The highest BCUT2D eigenvalue weighted by Gasteiger charge is 2.31. The number of benzene rings is 1. The number of nitrogens with zero attached hydrogens (tertiary/aromatic N) is 4. The molecule has 124 valence electrons. The summed E-state index contributed by atoms with van der Waals surface area (Å²) in [4.78, 5) is 25.8. The zero-order valence-corrected chi connectivity index (χ0v) is 13.8. The van der Waals surface area contributed by atoms with Crippen molar-refractivity contribution < 1.29 is 4.79 Å². The highest BCUT2D eigenvalue weighted by molar-refractivity contribution is 5.80. The molecule has 1 aromatic heterocycles. The average Bonchev–Trinajstić information content (AvgIpc) is 2.68. The maximum Gasteiger partial charge on any atom is 0.227 e. The molecule has 0 saturated carbocycles. The summed E-state index contributed by atoms with van der Waals surface area (Å²) >= 11 is 0. The van der Waals surface area contributed by atoms with Gasteiger partial charge in [0.15, 0.2) is 0 Å². The summed E-state index contributed by atoms with van der Waals surface area (Å²) in [6.45, 7) is 3.27. The van der Waals surface area contributed by atoms with Crippen molar-refractivity contribution >= 4 is 11.7 Å². The van der Waals surface area contributed by atoms with Crippen LogP contribution in [0.5, 0.6) is 0 Å². The number of aromatic nitrogens is 2. The van der Waals surface area contributed by atoms with E-state index in [1.165, 1.54) is 11.1 Å². The van der Waals surface area contributed by atoms with Crippen LogP contribution in [-0.4, -0.2) is 40.4 Å². The molecule has 2 aliphatic heterocycles. The standard InChI is InChI=1S/C19H22N4O/c24-19(23-11-7-15-4-1-2-5-16(15)13-23)17-6-3-10-22(14-17)18-12-20-8-9-21-18/h1-2,4-5,8-9,12,17H,3,6-7,10-11,13-14H2/t17-/m1/s1. The predicted octanol–water partition coefficient (Wildman–Crippen LogP) is 2.28. The van der Waals surface area contributed by atoms with E-state index in [1.807, 2.05) is 4.90 Å². The molecule has 1 atom stereocenters. The van der Waals surface area contributed by atoms with Gasteiger partial charge in [0.05, 0.1) is 12.1 Å². The molecule has 1 fully saturated rings. The fourth-order valence-electron chi connectivity index (χ4n) is 3.78. The zero-order valence-electron chi connectivity index (χ0n) is 13.8. The first-order chi connectivity index (χ1) is 11.8. The van der Waals surface area contributed by atoms with Crippen LogP contribution in [-0.2, 0) is 17.8 Å². The van der Waals surface area contributed by atoms with E-state index in [9.17, 15) is 4.79 Å². The van der Waals surface area contributed by atoms with E-state index < -0.39 is 0 Å². The fourth-order valence-corrected chi connectivity index (χ4v) is 3.78. The van der Waals surface area contributed by atoms with Gasteiger partial charge in [0, 0.05) is 38.6 Å². The summed E-state index contributed by atoms with van der Waals surface area (Å²) in [5.74, 6) is 1.23. The lowest BCUT2D eigenvalue weighted by Crippen LogP contribution is -2.46. The maximum atomic E-state index is 13.0. The first kappa shape index (κ1) is 15.1. The van der Waals surface area contributed by atoms with Gasteiger partial charge >= 0.3 is 0 Å². The number of hydrogen-bond acceptors (Lipinski definition) is 4. The summed E-state index contributed by atoms with van der Waals surface area (Å²) in [7, 11) is 0. The Bertz CT molecular complexity index is 718. The molecule has 0 unspecified atom stereocenters. The number of hydrogen-bond donors (Lipinski definition) is 0.